The van der Waals surface area contributed by atoms with Gasteiger partial charge in [-0.3, -0.25) is 14.9 Å². The molecule has 3 rings (SSSR count). The van der Waals surface area contributed by atoms with Crippen LogP contribution in [0.15, 0.2) is 48.5 Å². The number of benzene rings is 2. The molecule has 33 heavy (non-hydrogen) atoms. The van der Waals surface area contributed by atoms with E-state index in [1.807, 2.05) is 0 Å². The zero-order valence-corrected chi connectivity index (χ0v) is 17.6. The number of nitro groups is 1. The zero-order chi connectivity index (χ0) is 24.2. The zero-order valence-electron chi connectivity index (χ0n) is 17.6. The van der Waals surface area contributed by atoms with Crippen molar-refractivity contribution in [3.8, 4) is 0 Å². The van der Waals surface area contributed by atoms with E-state index in [2.05, 4.69) is 10.6 Å². The fourth-order valence-electron chi connectivity index (χ4n) is 3.50. The Morgan fingerprint density at radius 3 is 2.27 bits per heavy atom. The predicted molar refractivity (Wildman–Crippen MR) is 115 cm³/mol. The number of halogens is 3. The number of carbonyl (C=O) groups excluding carboxylic acids is 2. The summed E-state index contributed by atoms with van der Waals surface area (Å²) in [6, 6.07) is 9.75. The van der Waals surface area contributed by atoms with Gasteiger partial charge in [-0.15, -0.1) is 0 Å². The Hall–Kier alpha value is -3.83. The maximum atomic E-state index is 12.9. The van der Waals surface area contributed by atoms with Gasteiger partial charge in [-0.25, -0.2) is 4.79 Å². The number of carbonyl (C=O) groups is 2. The Kier molecular flexibility index (Phi) is 7.04. The van der Waals surface area contributed by atoms with E-state index in [9.17, 15) is 32.9 Å². The first kappa shape index (κ1) is 23.8. The Morgan fingerprint density at radius 2 is 1.70 bits per heavy atom. The highest BCUT2D eigenvalue weighted by Crippen LogP contribution is 2.36. The van der Waals surface area contributed by atoms with Gasteiger partial charge in [0.25, 0.3) is 5.69 Å². The molecule has 0 saturated carbocycles. The topological polar surface area (TPSA) is 108 Å². The second kappa shape index (κ2) is 9.76. The monoisotopic (exact) mass is 465 g/mol. The van der Waals surface area contributed by atoms with E-state index in [-0.39, 0.29) is 37.8 Å². The summed E-state index contributed by atoms with van der Waals surface area (Å²) in [6.45, 7) is 2.33. The molecule has 1 fully saturated rings. The summed E-state index contributed by atoms with van der Waals surface area (Å²) in [4.78, 5) is 38.4. The van der Waals surface area contributed by atoms with E-state index in [1.165, 1.54) is 4.90 Å². The molecule has 2 aromatic rings. The summed E-state index contributed by atoms with van der Waals surface area (Å²) in [7, 11) is 0. The molecular formula is C21H22F3N5O4. The Bertz CT molecular complexity index is 1020. The molecule has 1 saturated heterocycles. The number of alkyl halides is 3. The van der Waals surface area contributed by atoms with E-state index in [0.717, 1.165) is 12.1 Å². The minimum atomic E-state index is -4.69. The number of urea groups is 1. The van der Waals surface area contributed by atoms with Crippen LogP contribution in [0.1, 0.15) is 12.5 Å². The van der Waals surface area contributed by atoms with E-state index < -0.39 is 34.4 Å². The summed E-state index contributed by atoms with van der Waals surface area (Å²) in [5.41, 5.74) is -1.10. The van der Waals surface area contributed by atoms with Crippen molar-refractivity contribution in [1.29, 1.82) is 0 Å². The molecule has 9 nitrogen and oxygen atoms in total. The van der Waals surface area contributed by atoms with Crippen molar-refractivity contribution in [1.82, 2.24) is 10.2 Å². The number of nitro benzene ring substituents is 1. The van der Waals surface area contributed by atoms with Crippen LogP contribution in [0.2, 0.25) is 0 Å². The third-order valence-electron chi connectivity index (χ3n) is 5.18. The molecule has 12 heteroatoms. The predicted octanol–water partition coefficient (Wildman–Crippen LogP) is 3.47. The van der Waals surface area contributed by atoms with Crippen molar-refractivity contribution in [2.24, 2.45) is 0 Å². The standard InChI is InChI=1S/C21H22F3N5O4/c1-14(25-20(31)26-16-5-3-2-4-6-16)19(30)28-11-9-27(10-12-28)17-8-7-15(21(22,23)24)13-18(17)29(32)33/h2-8,13-14H,9-12H2,1H3,(H2,25,26,31). The first-order chi connectivity index (χ1) is 15.6. The fraction of sp³-hybridized carbons (Fsp3) is 0.333. The highest BCUT2D eigenvalue weighted by Gasteiger charge is 2.34. The highest BCUT2D eigenvalue weighted by atomic mass is 19.4. The molecule has 0 aliphatic carbocycles. The van der Waals surface area contributed by atoms with Gasteiger partial charge in [0, 0.05) is 37.9 Å². The van der Waals surface area contributed by atoms with E-state index in [1.54, 1.807) is 42.2 Å². The van der Waals surface area contributed by atoms with Gasteiger partial charge in [-0.1, -0.05) is 18.2 Å². The van der Waals surface area contributed by atoms with E-state index in [4.69, 9.17) is 0 Å². The van der Waals surface area contributed by atoms with Crippen LogP contribution >= 0.6 is 0 Å². The van der Waals surface area contributed by atoms with Gasteiger partial charge in [0.1, 0.15) is 11.7 Å². The van der Waals surface area contributed by atoms with Gasteiger partial charge in [-0.05, 0) is 31.2 Å². The molecule has 1 unspecified atom stereocenters. The maximum Gasteiger partial charge on any atom is 0.416 e. The van der Waals surface area contributed by atoms with Gasteiger partial charge < -0.3 is 20.4 Å². The lowest BCUT2D eigenvalue weighted by Crippen LogP contribution is -2.54. The molecule has 1 aliphatic heterocycles. The summed E-state index contributed by atoms with van der Waals surface area (Å²) >= 11 is 0. The first-order valence-corrected chi connectivity index (χ1v) is 10.1. The average Bonchev–Trinajstić information content (AvgIpc) is 2.78. The van der Waals surface area contributed by atoms with Crippen molar-refractivity contribution >= 4 is 29.0 Å². The molecule has 1 aliphatic rings. The maximum absolute atomic E-state index is 12.9. The summed E-state index contributed by atoms with van der Waals surface area (Å²) in [5, 5.41) is 16.5. The van der Waals surface area contributed by atoms with Crippen LogP contribution in [-0.2, 0) is 11.0 Å². The number of anilines is 2. The van der Waals surface area contributed by atoms with E-state index >= 15 is 0 Å². The SMILES string of the molecule is CC(NC(=O)Nc1ccccc1)C(=O)N1CCN(c2ccc(C(F)(F)F)cc2[N+](=O)[O-])CC1. The van der Waals surface area contributed by atoms with E-state index in [0.29, 0.717) is 11.8 Å². The van der Waals surface area contributed by atoms with Crippen LogP contribution in [0, 0.1) is 10.1 Å². The number of para-hydroxylation sites is 1. The number of hydrogen-bond acceptors (Lipinski definition) is 5. The number of amides is 3. The minimum absolute atomic E-state index is 0.0634. The third-order valence-corrected chi connectivity index (χ3v) is 5.18. The van der Waals surface area contributed by atoms with Gasteiger partial charge in [0.2, 0.25) is 5.91 Å². The van der Waals surface area contributed by atoms with Crippen LogP contribution in [0.5, 0.6) is 0 Å². The van der Waals surface area contributed by atoms with Crippen LogP contribution in [0.3, 0.4) is 0 Å². The number of hydrogen-bond donors (Lipinski definition) is 2. The molecule has 0 spiro atoms. The van der Waals surface area contributed by atoms with Crippen molar-refractivity contribution in [2.45, 2.75) is 19.1 Å². The smallest absolute Gasteiger partial charge is 0.362 e. The lowest BCUT2D eigenvalue weighted by Gasteiger charge is -2.37. The number of piperazine rings is 1. The second-order valence-corrected chi connectivity index (χ2v) is 7.46. The second-order valence-electron chi connectivity index (χ2n) is 7.46. The third kappa shape index (κ3) is 5.90. The van der Waals surface area contributed by atoms with Gasteiger partial charge in [0.15, 0.2) is 0 Å². The molecule has 0 bridgehead atoms. The number of nitrogens with one attached hydrogen (secondary N) is 2. The van der Waals surface area contributed by atoms with Gasteiger partial charge in [-0.2, -0.15) is 13.2 Å². The van der Waals surface area contributed by atoms with Crippen LogP contribution < -0.4 is 15.5 Å². The molecule has 2 N–H and O–H groups in total. The Morgan fingerprint density at radius 1 is 1.06 bits per heavy atom. The quantitative estimate of drug-likeness (QED) is 0.519. The van der Waals surface area contributed by atoms with Crippen LogP contribution in [0.25, 0.3) is 0 Å². The Balaban J connectivity index is 1.59. The van der Waals surface area contributed by atoms with Crippen LogP contribution in [-0.4, -0.2) is 54.0 Å². The minimum Gasteiger partial charge on any atom is -0.362 e. The molecule has 176 valence electrons. The molecule has 3 amide bonds. The number of rotatable bonds is 5. The van der Waals surface area contributed by atoms with Gasteiger partial charge in [0.05, 0.1) is 10.5 Å². The average molecular weight is 465 g/mol. The molecule has 1 atom stereocenters. The van der Waals surface area contributed by atoms with Crippen molar-refractivity contribution in [3.63, 3.8) is 0 Å². The highest BCUT2D eigenvalue weighted by molar-refractivity contribution is 5.93. The van der Waals surface area contributed by atoms with Crippen molar-refractivity contribution in [2.75, 3.05) is 36.4 Å². The summed E-state index contributed by atoms with van der Waals surface area (Å²) in [6.07, 6.45) is -4.69. The summed E-state index contributed by atoms with van der Waals surface area (Å²) in [5.74, 6) is -0.334. The van der Waals surface area contributed by atoms with Gasteiger partial charge >= 0.3 is 12.2 Å². The molecule has 0 radical (unpaired) electrons. The lowest BCUT2D eigenvalue weighted by atomic mass is 10.1. The lowest BCUT2D eigenvalue weighted by molar-refractivity contribution is -0.384. The first-order valence-electron chi connectivity index (χ1n) is 10.1. The molecule has 1 heterocycles. The van der Waals surface area contributed by atoms with Crippen molar-refractivity contribution in [3.05, 3.63) is 64.2 Å². The summed E-state index contributed by atoms with van der Waals surface area (Å²) < 4.78 is 38.8. The number of nitrogens with zero attached hydrogens (tertiary/aromatic N) is 3. The molecule has 0 aromatic heterocycles. The molecular weight excluding hydrogens is 443 g/mol. The fourth-order valence-corrected chi connectivity index (χ4v) is 3.50. The Labute approximate surface area is 187 Å². The normalized spacial score (nSPS) is 15.0. The van der Waals surface area contributed by atoms with Crippen molar-refractivity contribution < 1.29 is 27.7 Å². The van der Waals surface area contributed by atoms with Crippen LogP contribution in [0.4, 0.5) is 35.0 Å². The molecule has 2 aromatic carbocycles. The largest absolute Gasteiger partial charge is 0.416 e.